The van der Waals surface area contributed by atoms with Gasteiger partial charge in [-0.25, -0.2) is 4.79 Å². The predicted octanol–water partition coefficient (Wildman–Crippen LogP) is 1.61. The fourth-order valence-electron chi connectivity index (χ4n) is 1.86. The highest BCUT2D eigenvalue weighted by atomic mass is 16.6. The summed E-state index contributed by atoms with van der Waals surface area (Å²) in [6.07, 6.45) is 1.40. The molecule has 5 heteroatoms. The Labute approximate surface area is 106 Å². The third kappa shape index (κ3) is 2.92. The molecule has 1 aromatic rings. The maximum absolute atomic E-state index is 11.9. The summed E-state index contributed by atoms with van der Waals surface area (Å²) < 4.78 is 15.6. The Balaban J connectivity index is 2.03. The number of hydrogen-bond donors (Lipinski definition) is 1. The Bertz CT molecular complexity index is 427. The molecule has 0 atom stereocenters. The molecule has 0 unspecified atom stereocenters. The zero-order valence-electron chi connectivity index (χ0n) is 10.3. The summed E-state index contributed by atoms with van der Waals surface area (Å²) in [5.41, 5.74) is 6.54. The van der Waals surface area contributed by atoms with Crippen molar-refractivity contribution in [3.63, 3.8) is 0 Å². The summed E-state index contributed by atoms with van der Waals surface area (Å²) >= 11 is 0. The minimum Gasteiger partial charge on any atom is -0.497 e. The lowest BCUT2D eigenvalue weighted by Crippen LogP contribution is -2.26. The SMILES string of the molecule is COc1ccc(C(=O)OC2CCOCC2)c(N)c1. The number of benzene rings is 1. The predicted molar refractivity (Wildman–Crippen MR) is 66.7 cm³/mol. The molecule has 0 spiro atoms. The van der Waals surface area contributed by atoms with E-state index in [0.717, 1.165) is 12.8 Å². The molecule has 1 aliphatic heterocycles. The van der Waals surface area contributed by atoms with Crippen LogP contribution in [-0.4, -0.2) is 32.4 Å². The summed E-state index contributed by atoms with van der Waals surface area (Å²) in [6, 6.07) is 4.92. The number of hydrogen-bond acceptors (Lipinski definition) is 5. The van der Waals surface area contributed by atoms with Crippen molar-refractivity contribution < 1.29 is 19.0 Å². The van der Waals surface area contributed by atoms with Crippen LogP contribution in [0.15, 0.2) is 18.2 Å². The Kier molecular flexibility index (Phi) is 4.04. The molecule has 2 N–H and O–H groups in total. The van der Waals surface area contributed by atoms with Gasteiger partial charge in [0.25, 0.3) is 0 Å². The molecule has 0 saturated carbocycles. The van der Waals surface area contributed by atoms with Gasteiger partial charge in [-0.2, -0.15) is 0 Å². The molecule has 0 radical (unpaired) electrons. The molecule has 98 valence electrons. The molecule has 18 heavy (non-hydrogen) atoms. The second-order valence-corrected chi connectivity index (χ2v) is 4.17. The minimum atomic E-state index is -0.387. The van der Waals surface area contributed by atoms with Gasteiger partial charge in [0.15, 0.2) is 0 Å². The number of nitrogen functional groups attached to an aromatic ring is 1. The van der Waals surface area contributed by atoms with Crippen molar-refractivity contribution >= 4 is 11.7 Å². The van der Waals surface area contributed by atoms with E-state index in [4.69, 9.17) is 19.9 Å². The Morgan fingerprint density at radius 1 is 1.39 bits per heavy atom. The van der Waals surface area contributed by atoms with E-state index in [-0.39, 0.29) is 12.1 Å². The number of nitrogens with two attached hydrogens (primary N) is 1. The van der Waals surface area contributed by atoms with Crippen molar-refractivity contribution in [1.82, 2.24) is 0 Å². The monoisotopic (exact) mass is 251 g/mol. The lowest BCUT2D eigenvalue weighted by Gasteiger charge is -2.22. The van der Waals surface area contributed by atoms with E-state index < -0.39 is 0 Å². The van der Waals surface area contributed by atoms with Crippen LogP contribution in [0, 0.1) is 0 Å². The van der Waals surface area contributed by atoms with Gasteiger partial charge in [0.1, 0.15) is 11.9 Å². The molecule has 0 bridgehead atoms. The Hall–Kier alpha value is -1.75. The van der Waals surface area contributed by atoms with E-state index in [0.29, 0.717) is 30.2 Å². The van der Waals surface area contributed by atoms with Crippen LogP contribution >= 0.6 is 0 Å². The Morgan fingerprint density at radius 3 is 2.72 bits per heavy atom. The van der Waals surface area contributed by atoms with Crippen LogP contribution in [0.1, 0.15) is 23.2 Å². The number of esters is 1. The fraction of sp³-hybridized carbons (Fsp3) is 0.462. The molecule has 1 aliphatic rings. The fourth-order valence-corrected chi connectivity index (χ4v) is 1.86. The molecule has 0 aromatic heterocycles. The summed E-state index contributed by atoms with van der Waals surface area (Å²) in [7, 11) is 1.55. The third-order valence-corrected chi connectivity index (χ3v) is 2.92. The smallest absolute Gasteiger partial charge is 0.340 e. The highest BCUT2D eigenvalue weighted by Crippen LogP contribution is 2.22. The second-order valence-electron chi connectivity index (χ2n) is 4.17. The van der Waals surface area contributed by atoms with Crippen LogP contribution in [0.2, 0.25) is 0 Å². The lowest BCUT2D eigenvalue weighted by molar-refractivity contribution is -0.0158. The van der Waals surface area contributed by atoms with Crippen molar-refractivity contribution in [2.24, 2.45) is 0 Å². The summed E-state index contributed by atoms with van der Waals surface area (Å²) in [4.78, 5) is 11.9. The molecule has 0 aliphatic carbocycles. The zero-order chi connectivity index (χ0) is 13.0. The number of ether oxygens (including phenoxy) is 3. The average Bonchev–Trinajstić information content (AvgIpc) is 2.39. The first-order valence-corrected chi connectivity index (χ1v) is 5.93. The van der Waals surface area contributed by atoms with Gasteiger partial charge in [-0.15, -0.1) is 0 Å². The van der Waals surface area contributed by atoms with Gasteiger partial charge in [-0.1, -0.05) is 0 Å². The van der Waals surface area contributed by atoms with E-state index in [1.807, 2.05) is 0 Å². The number of rotatable bonds is 3. The van der Waals surface area contributed by atoms with E-state index in [2.05, 4.69) is 0 Å². The normalized spacial score (nSPS) is 16.3. The van der Waals surface area contributed by atoms with Crippen molar-refractivity contribution in [2.75, 3.05) is 26.1 Å². The van der Waals surface area contributed by atoms with Crippen LogP contribution in [0.3, 0.4) is 0 Å². The second kappa shape index (κ2) is 5.73. The van der Waals surface area contributed by atoms with Crippen molar-refractivity contribution in [1.29, 1.82) is 0 Å². The van der Waals surface area contributed by atoms with Crippen molar-refractivity contribution in [2.45, 2.75) is 18.9 Å². The number of carbonyl (C=O) groups excluding carboxylic acids is 1. The van der Waals surface area contributed by atoms with E-state index in [1.54, 1.807) is 25.3 Å². The number of methoxy groups -OCH3 is 1. The number of anilines is 1. The van der Waals surface area contributed by atoms with Gasteiger partial charge in [0.2, 0.25) is 0 Å². The molecule has 1 heterocycles. The van der Waals surface area contributed by atoms with Crippen LogP contribution in [0.5, 0.6) is 5.75 Å². The van der Waals surface area contributed by atoms with Gasteiger partial charge < -0.3 is 19.9 Å². The molecule has 0 amide bonds. The lowest BCUT2D eigenvalue weighted by atomic mass is 10.1. The maximum Gasteiger partial charge on any atom is 0.340 e. The highest BCUT2D eigenvalue weighted by molar-refractivity contribution is 5.95. The largest absolute Gasteiger partial charge is 0.497 e. The van der Waals surface area contributed by atoms with Crippen molar-refractivity contribution in [3.05, 3.63) is 23.8 Å². The minimum absolute atomic E-state index is 0.0762. The van der Waals surface area contributed by atoms with Crippen LogP contribution in [-0.2, 0) is 9.47 Å². The van der Waals surface area contributed by atoms with Crippen LogP contribution in [0.4, 0.5) is 5.69 Å². The first-order chi connectivity index (χ1) is 8.70. The summed E-state index contributed by atoms with van der Waals surface area (Å²) in [5.74, 6) is 0.233. The van der Waals surface area contributed by atoms with E-state index in [9.17, 15) is 4.79 Å². The summed E-state index contributed by atoms with van der Waals surface area (Å²) in [5, 5.41) is 0. The molecule has 1 aromatic carbocycles. The van der Waals surface area contributed by atoms with Crippen LogP contribution in [0.25, 0.3) is 0 Å². The standard InChI is InChI=1S/C13H17NO4/c1-16-10-2-3-11(12(14)8-10)13(15)18-9-4-6-17-7-5-9/h2-3,8-9H,4-7,14H2,1H3. The molecular weight excluding hydrogens is 234 g/mol. The van der Waals surface area contributed by atoms with Gasteiger partial charge >= 0.3 is 5.97 Å². The maximum atomic E-state index is 11.9. The quantitative estimate of drug-likeness (QED) is 0.653. The zero-order valence-corrected chi connectivity index (χ0v) is 10.3. The first-order valence-electron chi connectivity index (χ1n) is 5.93. The van der Waals surface area contributed by atoms with Crippen LogP contribution < -0.4 is 10.5 Å². The Morgan fingerprint density at radius 2 is 2.11 bits per heavy atom. The molecular formula is C13H17NO4. The van der Waals surface area contributed by atoms with Gasteiger partial charge in [-0.05, 0) is 12.1 Å². The van der Waals surface area contributed by atoms with Gasteiger partial charge in [0.05, 0.1) is 25.9 Å². The molecule has 1 fully saturated rings. The topological polar surface area (TPSA) is 70.8 Å². The molecule has 5 nitrogen and oxygen atoms in total. The number of carbonyl (C=O) groups is 1. The summed E-state index contributed by atoms with van der Waals surface area (Å²) in [6.45, 7) is 1.27. The molecule has 1 saturated heterocycles. The van der Waals surface area contributed by atoms with Gasteiger partial charge in [-0.3, -0.25) is 0 Å². The van der Waals surface area contributed by atoms with Gasteiger partial charge in [0, 0.05) is 24.6 Å². The molecule has 2 rings (SSSR count). The van der Waals surface area contributed by atoms with E-state index >= 15 is 0 Å². The van der Waals surface area contributed by atoms with Crippen molar-refractivity contribution in [3.8, 4) is 5.75 Å². The average molecular weight is 251 g/mol. The van der Waals surface area contributed by atoms with E-state index in [1.165, 1.54) is 0 Å². The highest BCUT2D eigenvalue weighted by Gasteiger charge is 2.20. The third-order valence-electron chi connectivity index (χ3n) is 2.92. The first kappa shape index (κ1) is 12.7.